The lowest BCUT2D eigenvalue weighted by atomic mass is 9.97. The summed E-state index contributed by atoms with van der Waals surface area (Å²) in [5.74, 6) is 4.30. The summed E-state index contributed by atoms with van der Waals surface area (Å²) in [4.78, 5) is 0. The van der Waals surface area contributed by atoms with Crippen LogP contribution in [-0.2, 0) is 4.74 Å². The van der Waals surface area contributed by atoms with Crippen LogP contribution in [0.25, 0.3) is 0 Å². The van der Waals surface area contributed by atoms with E-state index in [9.17, 15) is 0 Å². The molecule has 2 aliphatic heterocycles. The number of thioether (sulfide) groups is 1. The van der Waals surface area contributed by atoms with Gasteiger partial charge in [0.25, 0.3) is 0 Å². The monoisotopic (exact) mass is 215 g/mol. The summed E-state index contributed by atoms with van der Waals surface area (Å²) < 4.78 is 5.78. The second-order valence-corrected chi connectivity index (χ2v) is 5.85. The van der Waals surface area contributed by atoms with Gasteiger partial charge in [0, 0.05) is 6.54 Å². The Morgan fingerprint density at radius 1 is 1.36 bits per heavy atom. The third kappa shape index (κ3) is 3.14. The molecule has 0 aliphatic carbocycles. The maximum Gasteiger partial charge on any atom is 0.108 e. The number of ether oxygens (including phenoxy) is 1. The van der Waals surface area contributed by atoms with Crippen molar-refractivity contribution in [1.29, 1.82) is 0 Å². The Morgan fingerprint density at radius 3 is 2.79 bits per heavy atom. The smallest absolute Gasteiger partial charge is 0.108 e. The Morgan fingerprint density at radius 2 is 2.14 bits per heavy atom. The Hall–Kier alpha value is 0.270. The molecule has 0 spiro atoms. The van der Waals surface area contributed by atoms with Crippen molar-refractivity contribution in [1.82, 2.24) is 5.32 Å². The van der Waals surface area contributed by atoms with Crippen LogP contribution in [0.4, 0.5) is 0 Å². The minimum atomic E-state index is 0.347. The molecule has 0 amide bonds. The summed E-state index contributed by atoms with van der Waals surface area (Å²) in [5, 5.41) is 3.49. The Kier molecular flexibility index (Phi) is 4.14. The van der Waals surface area contributed by atoms with E-state index in [-0.39, 0.29) is 0 Å². The lowest BCUT2D eigenvalue weighted by Crippen LogP contribution is -2.43. The van der Waals surface area contributed by atoms with Crippen LogP contribution in [0.5, 0.6) is 0 Å². The van der Waals surface area contributed by atoms with E-state index < -0.39 is 0 Å². The van der Waals surface area contributed by atoms with Crippen molar-refractivity contribution in [2.75, 3.05) is 24.7 Å². The zero-order valence-electron chi connectivity index (χ0n) is 9.00. The van der Waals surface area contributed by atoms with Gasteiger partial charge in [0.1, 0.15) is 6.23 Å². The molecule has 2 heterocycles. The van der Waals surface area contributed by atoms with Gasteiger partial charge in [0.05, 0.1) is 6.61 Å². The third-order valence-electron chi connectivity index (χ3n) is 3.16. The molecule has 2 saturated heterocycles. The topological polar surface area (TPSA) is 21.3 Å². The number of hydrogen-bond acceptors (Lipinski definition) is 3. The fourth-order valence-electron chi connectivity index (χ4n) is 2.17. The molecule has 0 saturated carbocycles. The molecule has 0 aromatic carbocycles. The second-order valence-electron chi connectivity index (χ2n) is 4.63. The Balaban J connectivity index is 1.68. The third-order valence-corrected chi connectivity index (χ3v) is 4.21. The molecule has 3 heteroatoms. The van der Waals surface area contributed by atoms with Gasteiger partial charge in [0.15, 0.2) is 0 Å². The average Bonchev–Trinajstić information content (AvgIpc) is 2.23. The van der Waals surface area contributed by atoms with Crippen molar-refractivity contribution in [2.24, 2.45) is 11.8 Å². The van der Waals surface area contributed by atoms with Crippen molar-refractivity contribution in [3.05, 3.63) is 0 Å². The molecule has 0 bridgehead atoms. The normalized spacial score (nSPS) is 35.8. The van der Waals surface area contributed by atoms with Gasteiger partial charge in [-0.1, -0.05) is 6.92 Å². The van der Waals surface area contributed by atoms with Crippen LogP contribution in [0.3, 0.4) is 0 Å². The SMILES string of the molecule is CC1CNC(CC2CCSCC2)OC1. The first-order valence-corrected chi connectivity index (χ1v) is 6.93. The molecule has 2 atom stereocenters. The highest BCUT2D eigenvalue weighted by molar-refractivity contribution is 7.99. The quantitative estimate of drug-likeness (QED) is 0.762. The molecular weight excluding hydrogens is 194 g/mol. The largest absolute Gasteiger partial charge is 0.363 e. The van der Waals surface area contributed by atoms with Crippen molar-refractivity contribution in [2.45, 2.75) is 32.4 Å². The van der Waals surface area contributed by atoms with Gasteiger partial charge in [-0.2, -0.15) is 11.8 Å². The fraction of sp³-hybridized carbons (Fsp3) is 1.00. The number of hydrogen-bond donors (Lipinski definition) is 1. The van der Waals surface area contributed by atoms with E-state index in [4.69, 9.17) is 4.74 Å². The van der Waals surface area contributed by atoms with Gasteiger partial charge in [-0.05, 0) is 42.6 Å². The minimum Gasteiger partial charge on any atom is -0.363 e. The molecule has 0 radical (unpaired) electrons. The van der Waals surface area contributed by atoms with Crippen molar-refractivity contribution >= 4 is 11.8 Å². The lowest BCUT2D eigenvalue weighted by Gasteiger charge is -2.32. The van der Waals surface area contributed by atoms with Gasteiger partial charge in [-0.25, -0.2) is 0 Å². The molecular formula is C11H21NOS. The zero-order valence-corrected chi connectivity index (χ0v) is 9.81. The molecule has 2 aliphatic rings. The molecule has 1 N–H and O–H groups in total. The maximum absolute atomic E-state index is 5.78. The van der Waals surface area contributed by atoms with Crippen LogP contribution in [0, 0.1) is 11.8 Å². The summed E-state index contributed by atoms with van der Waals surface area (Å²) in [6, 6.07) is 0. The van der Waals surface area contributed by atoms with Crippen LogP contribution < -0.4 is 5.32 Å². The van der Waals surface area contributed by atoms with Gasteiger partial charge in [-0.3, -0.25) is 5.32 Å². The van der Waals surface area contributed by atoms with Crippen LogP contribution >= 0.6 is 11.8 Å². The molecule has 2 fully saturated rings. The summed E-state index contributed by atoms with van der Waals surface area (Å²) in [5.41, 5.74) is 0. The van der Waals surface area contributed by atoms with E-state index in [1.807, 2.05) is 0 Å². The second kappa shape index (κ2) is 5.38. The van der Waals surface area contributed by atoms with Crippen molar-refractivity contribution < 1.29 is 4.74 Å². The van der Waals surface area contributed by atoms with Crippen LogP contribution in [0.1, 0.15) is 26.2 Å². The van der Waals surface area contributed by atoms with E-state index in [2.05, 4.69) is 24.0 Å². The van der Waals surface area contributed by atoms with Gasteiger partial charge >= 0.3 is 0 Å². The van der Waals surface area contributed by atoms with Gasteiger partial charge in [0.2, 0.25) is 0 Å². The molecule has 14 heavy (non-hydrogen) atoms. The maximum atomic E-state index is 5.78. The van der Waals surface area contributed by atoms with E-state index in [1.54, 1.807) is 0 Å². The van der Waals surface area contributed by atoms with E-state index in [0.717, 1.165) is 19.1 Å². The zero-order chi connectivity index (χ0) is 9.80. The van der Waals surface area contributed by atoms with Crippen LogP contribution in [0.15, 0.2) is 0 Å². The van der Waals surface area contributed by atoms with Crippen LogP contribution in [0.2, 0.25) is 0 Å². The summed E-state index contributed by atoms with van der Waals surface area (Å²) >= 11 is 2.10. The molecule has 2 nitrogen and oxygen atoms in total. The first-order chi connectivity index (χ1) is 6.84. The van der Waals surface area contributed by atoms with E-state index >= 15 is 0 Å². The Labute approximate surface area is 91.2 Å². The standard InChI is InChI=1S/C11H21NOS/c1-9-7-12-11(13-8-9)6-10-2-4-14-5-3-10/h9-12H,2-8H2,1H3. The minimum absolute atomic E-state index is 0.347. The highest BCUT2D eigenvalue weighted by Gasteiger charge is 2.22. The first kappa shape index (κ1) is 10.8. The van der Waals surface area contributed by atoms with Gasteiger partial charge in [-0.15, -0.1) is 0 Å². The van der Waals surface area contributed by atoms with E-state index in [1.165, 1.54) is 30.8 Å². The van der Waals surface area contributed by atoms with Crippen molar-refractivity contribution in [3.8, 4) is 0 Å². The first-order valence-electron chi connectivity index (χ1n) is 5.77. The molecule has 82 valence electrons. The molecule has 0 aromatic heterocycles. The summed E-state index contributed by atoms with van der Waals surface area (Å²) in [6.45, 7) is 4.31. The predicted octanol–water partition coefficient (Wildman–Crippen LogP) is 2.10. The van der Waals surface area contributed by atoms with Gasteiger partial charge < -0.3 is 4.74 Å². The predicted molar refractivity (Wildman–Crippen MR) is 61.6 cm³/mol. The summed E-state index contributed by atoms with van der Waals surface area (Å²) in [7, 11) is 0. The molecule has 2 rings (SSSR count). The summed E-state index contributed by atoms with van der Waals surface area (Å²) in [6.07, 6.45) is 4.36. The lowest BCUT2D eigenvalue weighted by molar-refractivity contribution is -0.0364. The highest BCUT2D eigenvalue weighted by atomic mass is 32.2. The van der Waals surface area contributed by atoms with Crippen molar-refractivity contribution in [3.63, 3.8) is 0 Å². The number of nitrogens with one attached hydrogen (secondary N) is 1. The fourth-order valence-corrected chi connectivity index (χ4v) is 3.37. The Bertz CT molecular complexity index is 163. The van der Waals surface area contributed by atoms with Crippen LogP contribution in [-0.4, -0.2) is 30.9 Å². The van der Waals surface area contributed by atoms with E-state index in [0.29, 0.717) is 12.1 Å². The highest BCUT2D eigenvalue weighted by Crippen LogP contribution is 2.27. The number of rotatable bonds is 2. The molecule has 0 aromatic rings. The molecule has 2 unspecified atom stereocenters. The average molecular weight is 215 g/mol.